The molecule has 0 heterocycles. The van der Waals surface area contributed by atoms with Crippen molar-refractivity contribution in [3.8, 4) is 0 Å². The third-order valence-corrected chi connectivity index (χ3v) is 5.19. The van der Waals surface area contributed by atoms with Crippen molar-refractivity contribution in [3.63, 3.8) is 0 Å². The Balaban J connectivity index is 2.41. The number of allylic oxidation sites excluding steroid dienone is 1. The van der Waals surface area contributed by atoms with Crippen molar-refractivity contribution < 1.29 is 15.3 Å². The second-order valence-corrected chi connectivity index (χ2v) is 6.21. The summed E-state index contributed by atoms with van der Waals surface area (Å²) in [6.07, 6.45) is 4.58. The van der Waals surface area contributed by atoms with Crippen LogP contribution in [-0.4, -0.2) is 33.6 Å². The van der Waals surface area contributed by atoms with Crippen LogP contribution in [0.5, 0.6) is 0 Å². The molecule has 1 fully saturated rings. The summed E-state index contributed by atoms with van der Waals surface area (Å²) in [6.45, 7) is 7.79. The van der Waals surface area contributed by atoms with Gasteiger partial charge < -0.3 is 15.3 Å². The average molecular weight is 252 g/mol. The molecule has 18 heavy (non-hydrogen) atoms. The van der Waals surface area contributed by atoms with E-state index in [1.54, 1.807) is 6.08 Å². The average Bonchev–Trinajstić information content (AvgIpc) is 2.33. The fraction of sp³-hybridized carbons (Fsp3) is 0.733. The molecule has 1 saturated carbocycles. The number of hydrogen-bond acceptors (Lipinski definition) is 3. The zero-order chi connectivity index (χ0) is 13.6. The molecule has 0 radical (unpaired) electrons. The van der Waals surface area contributed by atoms with Gasteiger partial charge in [-0.05, 0) is 42.6 Å². The van der Waals surface area contributed by atoms with Crippen molar-refractivity contribution in [1.82, 2.24) is 0 Å². The fourth-order valence-electron chi connectivity index (χ4n) is 3.54. The highest BCUT2D eigenvalue weighted by molar-refractivity contribution is 5.33. The third-order valence-electron chi connectivity index (χ3n) is 5.19. The predicted molar refractivity (Wildman–Crippen MR) is 71.0 cm³/mol. The van der Waals surface area contributed by atoms with E-state index in [0.717, 1.165) is 19.3 Å². The number of hydrogen-bond donors (Lipinski definition) is 3. The van der Waals surface area contributed by atoms with Crippen LogP contribution in [0.2, 0.25) is 0 Å². The van der Waals surface area contributed by atoms with E-state index >= 15 is 0 Å². The number of rotatable bonds is 2. The maximum atomic E-state index is 10.7. The van der Waals surface area contributed by atoms with Crippen molar-refractivity contribution in [2.75, 3.05) is 6.61 Å². The first-order valence-electron chi connectivity index (χ1n) is 6.75. The fourth-order valence-corrected chi connectivity index (χ4v) is 3.54. The maximum absolute atomic E-state index is 10.7. The van der Waals surface area contributed by atoms with Gasteiger partial charge >= 0.3 is 0 Å². The molecule has 0 saturated heterocycles. The summed E-state index contributed by atoms with van der Waals surface area (Å²) in [4.78, 5) is 0. The van der Waals surface area contributed by atoms with Crippen molar-refractivity contribution in [2.45, 2.75) is 51.2 Å². The molecule has 2 rings (SSSR count). The maximum Gasteiger partial charge on any atom is 0.118 e. The van der Waals surface area contributed by atoms with Gasteiger partial charge in [0.15, 0.2) is 0 Å². The Morgan fingerprint density at radius 3 is 2.83 bits per heavy atom. The van der Waals surface area contributed by atoms with Crippen molar-refractivity contribution in [2.24, 2.45) is 11.3 Å². The molecule has 0 aromatic heterocycles. The van der Waals surface area contributed by atoms with Crippen LogP contribution < -0.4 is 0 Å². The zero-order valence-corrected chi connectivity index (χ0v) is 11.3. The predicted octanol–water partition coefficient (Wildman–Crippen LogP) is 1.78. The Hall–Kier alpha value is -0.640. The van der Waals surface area contributed by atoms with Gasteiger partial charge in [-0.3, -0.25) is 0 Å². The lowest BCUT2D eigenvalue weighted by molar-refractivity contribution is -0.0764. The smallest absolute Gasteiger partial charge is 0.118 e. The molecule has 3 heteroatoms. The van der Waals surface area contributed by atoms with E-state index in [2.05, 4.69) is 20.4 Å². The minimum absolute atomic E-state index is 0.0929. The van der Waals surface area contributed by atoms with Crippen molar-refractivity contribution in [1.29, 1.82) is 0 Å². The molecule has 102 valence electrons. The Morgan fingerprint density at radius 1 is 1.56 bits per heavy atom. The highest BCUT2D eigenvalue weighted by Crippen LogP contribution is 2.54. The van der Waals surface area contributed by atoms with Gasteiger partial charge in [-0.25, -0.2) is 0 Å². The number of fused-ring (bicyclic) bond motifs is 1. The van der Waals surface area contributed by atoms with Gasteiger partial charge in [-0.2, -0.15) is 0 Å². The standard InChI is InChI=1S/C15H24O3/c1-10-5-4-6-12-7-13(17)15(18,11(2)8-16)9-14(10,12)3/h7,10,13,16-18H,2,4-6,8-9H2,1,3H3/t10-,13-,14+,15+/m0/s1. The first kappa shape index (κ1) is 13.8. The van der Waals surface area contributed by atoms with E-state index in [4.69, 9.17) is 0 Å². The second kappa shape index (κ2) is 4.48. The summed E-state index contributed by atoms with van der Waals surface area (Å²) >= 11 is 0. The molecular formula is C15H24O3. The number of aliphatic hydroxyl groups is 3. The van der Waals surface area contributed by atoms with Crippen LogP contribution in [0.15, 0.2) is 23.8 Å². The molecule has 3 N–H and O–H groups in total. The summed E-state index contributed by atoms with van der Waals surface area (Å²) in [5.41, 5.74) is 0.0802. The Morgan fingerprint density at radius 2 is 2.22 bits per heavy atom. The van der Waals surface area contributed by atoms with E-state index in [9.17, 15) is 15.3 Å². The molecule has 0 bridgehead atoms. The minimum Gasteiger partial charge on any atom is -0.392 e. The van der Waals surface area contributed by atoms with E-state index in [0.29, 0.717) is 17.9 Å². The summed E-state index contributed by atoms with van der Waals surface area (Å²) in [7, 11) is 0. The zero-order valence-electron chi connectivity index (χ0n) is 11.3. The minimum atomic E-state index is -1.39. The van der Waals surface area contributed by atoms with Crippen LogP contribution in [0.4, 0.5) is 0 Å². The normalized spacial score (nSPS) is 44.2. The molecule has 0 aromatic carbocycles. The van der Waals surface area contributed by atoms with E-state index < -0.39 is 11.7 Å². The first-order valence-corrected chi connectivity index (χ1v) is 6.75. The van der Waals surface area contributed by atoms with E-state index in [1.165, 1.54) is 5.57 Å². The Bertz CT molecular complexity index is 387. The molecule has 0 aromatic rings. The molecule has 0 amide bonds. The van der Waals surface area contributed by atoms with Gasteiger partial charge in [0.2, 0.25) is 0 Å². The molecule has 0 spiro atoms. The first-order chi connectivity index (χ1) is 8.34. The Kier molecular flexibility index (Phi) is 3.43. The van der Waals surface area contributed by atoms with Crippen LogP contribution in [0.25, 0.3) is 0 Å². The number of aliphatic hydroxyl groups excluding tert-OH is 2. The van der Waals surface area contributed by atoms with Gasteiger partial charge in [0.25, 0.3) is 0 Å². The van der Waals surface area contributed by atoms with Gasteiger partial charge in [0.05, 0.1) is 6.61 Å². The van der Waals surface area contributed by atoms with Crippen molar-refractivity contribution >= 4 is 0 Å². The van der Waals surface area contributed by atoms with Crippen LogP contribution >= 0.6 is 0 Å². The van der Waals surface area contributed by atoms with E-state index in [1.807, 2.05) is 0 Å². The van der Waals surface area contributed by atoms with E-state index in [-0.39, 0.29) is 12.0 Å². The van der Waals surface area contributed by atoms with Crippen molar-refractivity contribution in [3.05, 3.63) is 23.8 Å². The van der Waals surface area contributed by atoms with Crippen LogP contribution in [0.3, 0.4) is 0 Å². The summed E-state index contributed by atoms with van der Waals surface area (Å²) in [6, 6.07) is 0. The molecule has 2 aliphatic rings. The highest BCUT2D eigenvalue weighted by Gasteiger charge is 2.51. The van der Waals surface area contributed by atoms with Gasteiger partial charge in [0, 0.05) is 0 Å². The SMILES string of the molecule is C=C(CO)[C@]1(O)C[C@@]2(C)C(=C[C@@H]1O)CCC[C@@H]2C. The monoisotopic (exact) mass is 252 g/mol. The van der Waals surface area contributed by atoms with Gasteiger partial charge in [-0.15, -0.1) is 0 Å². The van der Waals surface area contributed by atoms with Gasteiger partial charge in [0.1, 0.15) is 11.7 Å². The summed E-state index contributed by atoms with van der Waals surface area (Å²) in [5, 5.41) is 30.1. The lowest BCUT2D eigenvalue weighted by atomic mass is 9.56. The third kappa shape index (κ3) is 1.85. The lowest BCUT2D eigenvalue weighted by Gasteiger charge is -2.51. The molecule has 4 atom stereocenters. The summed E-state index contributed by atoms with van der Waals surface area (Å²) in [5.74, 6) is 0.475. The van der Waals surface area contributed by atoms with Crippen LogP contribution in [0, 0.1) is 11.3 Å². The quantitative estimate of drug-likeness (QED) is 0.657. The molecule has 0 aliphatic heterocycles. The van der Waals surface area contributed by atoms with Crippen LogP contribution in [0.1, 0.15) is 39.5 Å². The van der Waals surface area contributed by atoms with Gasteiger partial charge in [-0.1, -0.05) is 32.1 Å². The highest BCUT2D eigenvalue weighted by atomic mass is 16.3. The summed E-state index contributed by atoms with van der Waals surface area (Å²) < 4.78 is 0. The molecular weight excluding hydrogens is 228 g/mol. The molecule has 2 aliphatic carbocycles. The molecule has 3 nitrogen and oxygen atoms in total. The lowest BCUT2D eigenvalue weighted by Crippen LogP contribution is -2.53. The Labute approximate surface area is 109 Å². The second-order valence-electron chi connectivity index (χ2n) is 6.21. The van der Waals surface area contributed by atoms with Crippen LogP contribution in [-0.2, 0) is 0 Å². The topological polar surface area (TPSA) is 60.7 Å². The largest absolute Gasteiger partial charge is 0.392 e. The molecule has 0 unspecified atom stereocenters.